The molecule has 0 unspecified atom stereocenters. The number of fused-ring (bicyclic) bond motifs is 2. The van der Waals surface area contributed by atoms with Gasteiger partial charge in [0.2, 0.25) is 0 Å². The first-order valence-electron chi connectivity index (χ1n) is 16.4. The van der Waals surface area contributed by atoms with E-state index in [9.17, 15) is 41.0 Å². The Morgan fingerprint density at radius 2 is 1.65 bits per heavy atom. The molecule has 1 N–H and O–H groups in total. The third-order valence-electron chi connectivity index (χ3n) is 9.02. The number of aryl methyl sites for hydroxylation is 1. The highest BCUT2D eigenvalue weighted by atomic mass is 19.3. The Morgan fingerprint density at radius 1 is 0.962 bits per heavy atom. The molecule has 2 aromatic carbocycles. The maximum absolute atomic E-state index is 15.1. The molecule has 2 aliphatic rings. The van der Waals surface area contributed by atoms with Crippen molar-refractivity contribution in [2.75, 3.05) is 0 Å². The van der Waals surface area contributed by atoms with Crippen LogP contribution in [0.5, 0.6) is 0 Å². The molecular formula is C38H31F8N3O3. The van der Waals surface area contributed by atoms with Crippen molar-refractivity contribution in [1.82, 2.24) is 14.8 Å². The van der Waals surface area contributed by atoms with Gasteiger partial charge in [-0.15, -0.1) is 0 Å². The van der Waals surface area contributed by atoms with Gasteiger partial charge < -0.3 is 5.11 Å². The van der Waals surface area contributed by atoms with Crippen molar-refractivity contribution in [3.63, 3.8) is 0 Å². The second kappa shape index (κ2) is 13.6. The SMILES string of the molecule is CC(C)(O)C#Cc1cnc([C@@H](CC(=O)Cn2nc(C(F)F)c3c2C(F)(F)CCC3(F)F)Cc2cc(F)cc(F)c2)c(-c2ccc3c(c2)C(=O)CC3)c1. The quantitative estimate of drug-likeness (QED) is 0.138. The van der Waals surface area contributed by atoms with E-state index in [1.54, 1.807) is 24.3 Å². The number of carbonyl (C=O) groups excluding carboxylic acids is 2. The number of nitrogens with zero attached hydrogens (tertiary/aromatic N) is 3. The summed E-state index contributed by atoms with van der Waals surface area (Å²) in [5.74, 6) is -6.46. The molecule has 2 aromatic heterocycles. The van der Waals surface area contributed by atoms with Gasteiger partial charge >= 0.3 is 0 Å². The second-order valence-corrected chi connectivity index (χ2v) is 13.7. The van der Waals surface area contributed by atoms with Crippen LogP contribution in [0.3, 0.4) is 0 Å². The molecular weight excluding hydrogens is 698 g/mol. The lowest BCUT2D eigenvalue weighted by molar-refractivity contribution is -0.121. The number of aliphatic hydroxyl groups is 1. The van der Waals surface area contributed by atoms with Gasteiger partial charge in [0.15, 0.2) is 11.6 Å². The summed E-state index contributed by atoms with van der Waals surface area (Å²) in [4.78, 5) is 31.0. The molecule has 0 bridgehead atoms. The van der Waals surface area contributed by atoms with Gasteiger partial charge in [-0.05, 0) is 67.6 Å². The molecule has 14 heteroatoms. The van der Waals surface area contributed by atoms with E-state index in [0.29, 0.717) is 41.2 Å². The Balaban J connectivity index is 1.46. The van der Waals surface area contributed by atoms with Crippen LogP contribution in [0.2, 0.25) is 0 Å². The van der Waals surface area contributed by atoms with Crippen molar-refractivity contribution >= 4 is 11.6 Å². The minimum Gasteiger partial charge on any atom is -0.378 e. The largest absolute Gasteiger partial charge is 0.378 e. The molecule has 272 valence electrons. The lowest BCUT2D eigenvalue weighted by Crippen LogP contribution is -2.33. The predicted molar refractivity (Wildman–Crippen MR) is 172 cm³/mol. The van der Waals surface area contributed by atoms with E-state index in [4.69, 9.17) is 0 Å². The molecule has 0 radical (unpaired) electrons. The van der Waals surface area contributed by atoms with Crippen LogP contribution in [0, 0.1) is 23.5 Å². The number of ketones is 2. The number of benzene rings is 2. The van der Waals surface area contributed by atoms with E-state index >= 15 is 8.78 Å². The lowest BCUT2D eigenvalue weighted by Gasteiger charge is -2.29. The van der Waals surface area contributed by atoms with Gasteiger partial charge in [-0.3, -0.25) is 19.3 Å². The number of halogens is 8. The van der Waals surface area contributed by atoms with Crippen molar-refractivity contribution < 1.29 is 49.8 Å². The predicted octanol–water partition coefficient (Wildman–Crippen LogP) is 8.38. The fourth-order valence-corrected chi connectivity index (χ4v) is 6.75. The van der Waals surface area contributed by atoms with Gasteiger partial charge in [-0.25, -0.2) is 26.3 Å². The van der Waals surface area contributed by atoms with Gasteiger partial charge in [0.05, 0.1) is 11.3 Å². The van der Waals surface area contributed by atoms with Crippen LogP contribution >= 0.6 is 0 Å². The standard InChI is InChI=1S/C38H31F8N3O3/c1-36(2,52)8-7-20-14-29(23-4-3-22-5-6-30(51)28(22)16-23)32(47-18-20)24(11-21-12-25(39)17-26(40)13-21)15-27(50)19-49-34-31(33(48-49)35(41)42)37(43,44)9-10-38(34,45)46/h3-4,12-14,16-18,24,35,52H,5-6,9-11,15,19H2,1-2H3/t24-/m1/s1. The average molecular weight is 730 g/mol. The molecule has 4 aromatic rings. The van der Waals surface area contributed by atoms with Gasteiger partial charge in [0.25, 0.3) is 18.3 Å². The molecule has 0 fully saturated rings. The van der Waals surface area contributed by atoms with Crippen LogP contribution in [-0.2, 0) is 36.0 Å². The number of hydrogen-bond acceptors (Lipinski definition) is 5. The number of Topliss-reactive ketones (excluding diaryl/α,β-unsaturated/α-hetero) is 2. The van der Waals surface area contributed by atoms with Crippen molar-refractivity contribution in [2.24, 2.45) is 0 Å². The van der Waals surface area contributed by atoms with Crippen molar-refractivity contribution in [2.45, 2.75) is 88.7 Å². The van der Waals surface area contributed by atoms with Crippen molar-refractivity contribution in [3.8, 4) is 23.0 Å². The second-order valence-electron chi connectivity index (χ2n) is 13.7. The molecule has 0 amide bonds. The van der Waals surface area contributed by atoms with Crippen LogP contribution in [0.1, 0.15) is 102 Å². The van der Waals surface area contributed by atoms with E-state index < -0.39 is 90.0 Å². The van der Waals surface area contributed by atoms with Gasteiger partial charge in [-0.2, -0.15) is 13.9 Å². The first-order valence-corrected chi connectivity index (χ1v) is 16.4. The van der Waals surface area contributed by atoms with E-state index in [1.165, 1.54) is 20.0 Å². The molecule has 52 heavy (non-hydrogen) atoms. The van der Waals surface area contributed by atoms with Gasteiger partial charge in [-0.1, -0.05) is 24.0 Å². The first-order chi connectivity index (χ1) is 24.3. The lowest BCUT2D eigenvalue weighted by atomic mass is 9.85. The fourth-order valence-electron chi connectivity index (χ4n) is 6.75. The summed E-state index contributed by atoms with van der Waals surface area (Å²) in [6.07, 6.45) is -5.04. The molecule has 0 spiro atoms. The molecule has 1 atom stereocenters. The maximum Gasteiger partial charge on any atom is 0.290 e. The van der Waals surface area contributed by atoms with E-state index in [1.807, 2.05) is 0 Å². The van der Waals surface area contributed by atoms with Crippen LogP contribution in [0.15, 0.2) is 48.7 Å². The Morgan fingerprint density at radius 3 is 2.33 bits per heavy atom. The van der Waals surface area contributed by atoms with E-state index in [0.717, 1.165) is 17.7 Å². The monoisotopic (exact) mass is 729 g/mol. The summed E-state index contributed by atoms with van der Waals surface area (Å²) in [6.45, 7) is 1.84. The summed E-state index contributed by atoms with van der Waals surface area (Å²) < 4.78 is 116. The zero-order valence-electron chi connectivity index (χ0n) is 27.9. The molecule has 6 nitrogen and oxygen atoms in total. The number of pyridine rings is 1. The minimum absolute atomic E-state index is 0.0840. The highest BCUT2D eigenvalue weighted by molar-refractivity contribution is 6.01. The Bertz CT molecular complexity index is 2120. The third kappa shape index (κ3) is 7.65. The Labute approximate surface area is 292 Å². The highest BCUT2D eigenvalue weighted by Gasteiger charge is 2.55. The van der Waals surface area contributed by atoms with Crippen LogP contribution < -0.4 is 0 Å². The van der Waals surface area contributed by atoms with Crippen molar-refractivity contribution in [1.29, 1.82) is 0 Å². The molecule has 6 rings (SSSR count). The molecule has 0 saturated carbocycles. The smallest absolute Gasteiger partial charge is 0.290 e. The molecule has 0 saturated heterocycles. The molecule has 2 aliphatic carbocycles. The first kappa shape index (κ1) is 36.9. The highest BCUT2D eigenvalue weighted by Crippen LogP contribution is 2.52. The normalized spacial score (nSPS) is 16.7. The fraction of sp³-hybridized carbons (Fsp3) is 0.368. The summed E-state index contributed by atoms with van der Waals surface area (Å²) in [6, 6.07) is 9.40. The van der Waals surface area contributed by atoms with Gasteiger partial charge in [0, 0.05) is 60.6 Å². The van der Waals surface area contributed by atoms with Crippen molar-refractivity contribution in [3.05, 3.63) is 105 Å². The number of rotatable bonds is 9. The van der Waals surface area contributed by atoms with Gasteiger partial charge in [0.1, 0.15) is 35.2 Å². The zero-order valence-corrected chi connectivity index (χ0v) is 27.9. The molecule has 0 aliphatic heterocycles. The maximum atomic E-state index is 15.1. The van der Waals surface area contributed by atoms with E-state index in [2.05, 4.69) is 21.9 Å². The summed E-state index contributed by atoms with van der Waals surface area (Å²) in [5.41, 5.74) is -3.32. The number of carbonyl (C=O) groups is 2. The number of alkyl halides is 6. The average Bonchev–Trinajstić information content (AvgIpc) is 3.63. The number of aromatic nitrogens is 3. The minimum atomic E-state index is -4.04. The van der Waals surface area contributed by atoms with Crippen LogP contribution in [0.4, 0.5) is 35.1 Å². The zero-order chi connectivity index (χ0) is 37.7. The Hall–Kier alpha value is -4.90. The van der Waals surface area contributed by atoms with Crippen LogP contribution in [0.25, 0.3) is 11.1 Å². The van der Waals surface area contributed by atoms with Crippen LogP contribution in [-0.4, -0.2) is 37.0 Å². The summed E-state index contributed by atoms with van der Waals surface area (Å²) in [5, 5.41) is 13.5. The molecule has 2 heterocycles. The summed E-state index contributed by atoms with van der Waals surface area (Å²) in [7, 11) is 0. The van der Waals surface area contributed by atoms with E-state index in [-0.39, 0.29) is 28.1 Å². The third-order valence-corrected chi connectivity index (χ3v) is 9.02. The summed E-state index contributed by atoms with van der Waals surface area (Å²) >= 11 is 0. The topological polar surface area (TPSA) is 85.1 Å². The Kier molecular flexibility index (Phi) is 9.63. The number of hydrogen-bond donors (Lipinski definition) is 1.